The molecular formula is C16H17FN4O2. The zero-order valence-corrected chi connectivity index (χ0v) is 12.7. The minimum Gasteiger partial charge on any atom is -0.334 e. The lowest BCUT2D eigenvalue weighted by molar-refractivity contribution is 0.0701. The Bertz CT molecular complexity index is 790. The monoisotopic (exact) mass is 316 g/mol. The van der Waals surface area contributed by atoms with Crippen molar-refractivity contribution in [2.24, 2.45) is 0 Å². The average molecular weight is 316 g/mol. The van der Waals surface area contributed by atoms with Crippen LogP contribution >= 0.6 is 0 Å². The van der Waals surface area contributed by atoms with Crippen molar-refractivity contribution in [1.29, 1.82) is 0 Å². The third-order valence-corrected chi connectivity index (χ3v) is 3.76. The molecule has 0 saturated carbocycles. The van der Waals surface area contributed by atoms with Gasteiger partial charge in [-0.05, 0) is 25.1 Å². The number of aromatic nitrogens is 2. The number of carbonyl (C=O) groups excluding carboxylic acids is 1. The number of hydrogen-bond donors (Lipinski definition) is 1. The summed E-state index contributed by atoms with van der Waals surface area (Å²) in [6.07, 6.45) is 0. The number of rotatable bonds is 2. The second kappa shape index (κ2) is 6.29. The highest BCUT2D eigenvalue weighted by atomic mass is 19.1. The Balaban J connectivity index is 1.96. The van der Waals surface area contributed by atoms with Gasteiger partial charge in [0, 0.05) is 31.7 Å². The first-order valence-electron chi connectivity index (χ1n) is 7.44. The van der Waals surface area contributed by atoms with Gasteiger partial charge in [-0.3, -0.25) is 9.59 Å². The van der Waals surface area contributed by atoms with E-state index in [9.17, 15) is 14.0 Å². The molecule has 1 amide bonds. The Hall–Kier alpha value is -2.54. The van der Waals surface area contributed by atoms with Crippen LogP contribution in [0.5, 0.6) is 0 Å². The number of piperazine rings is 1. The van der Waals surface area contributed by atoms with Crippen molar-refractivity contribution in [2.75, 3.05) is 19.6 Å². The highest BCUT2D eigenvalue weighted by Gasteiger charge is 2.23. The van der Waals surface area contributed by atoms with Crippen molar-refractivity contribution in [3.8, 4) is 5.69 Å². The molecule has 1 aromatic heterocycles. The molecule has 2 aromatic rings. The summed E-state index contributed by atoms with van der Waals surface area (Å²) >= 11 is 0. The van der Waals surface area contributed by atoms with E-state index in [-0.39, 0.29) is 23.3 Å². The Labute approximate surface area is 132 Å². The number of hydrogen-bond acceptors (Lipinski definition) is 4. The van der Waals surface area contributed by atoms with E-state index in [2.05, 4.69) is 10.4 Å². The van der Waals surface area contributed by atoms with Crippen molar-refractivity contribution in [3.05, 3.63) is 58.3 Å². The van der Waals surface area contributed by atoms with Gasteiger partial charge in [0.05, 0.1) is 0 Å². The lowest BCUT2D eigenvalue weighted by Gasteiger charge is -2.31. The smallest absolute Gasteiger partial charge is 0.274 e. The molecule has 1 aromatic carbocycles. The highest BCUT2D eigenvalue weighted by Crippen LogP contribution is 2.10. The maximum Gasteiger partial charge on any atom is 0.274 e. The quantitative estimate of drug-likeness (QED) is 0.890. The van der Waals surface area contributed by atoms with Gasteiger partial charge in [0.15, 0.2) is 0 Å². The highest BCUT2D eigenvalue weighted by molar-refractivity contribution is 5.92. The fraction of sp³-hybridized carbons (Fsp3) is 0.312. The van der Waals surface area contributed by atoms with Crippen LogP contribution in [0.1, 0.15) is 17.4 Å². The van der Waals surface area contributed by atoms with Gasteiger partial charge >= 0.3 is 0 Å². The van der Waals surface area contributed by atoms with Gasteiger partial charge in [0.1, 0.15) is 17.2 Å². The van der Waals surface area contributed by atoms with Gasteiger partial charge in [0.2, 0.25) is 0 Å². The fourth-order valence-electron chi connectivity index (χ4n) is 2.60. The van der Waals surface area contributed by atoms with Gasteiger partial charge in [-0.25, -0.2) is 4.39 Å². The Kier molecular flexibility index (Phi) is 4.20. The van der Waals surface area contributed by atoms with Crippen molar-refractivity contribution in [3.63, 3.8) is 0 Å². The maximum atomic E-state index is 13.9. The summed E-state index contributed by atoms with van der Waals surface area (Å²) in [5.41, 5.74) is -0.330. The topological polar surface area (TPSA) is 67.2 Å². The van der Waals surface area contributed by atoms with Crippen LogP contribution in [0.2, 0.25) is 0 Å². The summed E-state index contributed by atoms with van der Waals surface area (Å²) in [5.74, 6) is -0.828. The van der Waals surface area contributed by atoms with E-state index in [0.717, 1.165) is 4.68 Å². The predicted molar refractivity (Wildman–Crippen MR) is 83.2 cm³/mol. The van der Waals surface area contributed by atoms with Gasteiger partial charge in [-0.1, -0.05) is 12.1 Å². The lowest BCUT2D eigenvalue weighted by atomic mass is 10.2. The molecule has 0 aliphatic carbocycles. The van der Waals surface area contributed by atoms with Crippen molar-refractivity contribution in [2.45, 2.75) is 13.0 Å². The van der Waals surface area contributed by atoms with Crippen molar-refractivity contribution >= 4 is 5.91 Å². The molecule has 120 valence electrons. The molecule has 3 rings (SSSR count). The molecule has 1 aliphatic rings. The molecular weight excluding hydrogens is 299 g/mol. The SMILES string of the molecule is C[C@@H]1CN(C(=O)c2ccc(=O)n(-c3ccccc3F)n2)CCN1. The molecule has 0 unspecified atom stereocenters. The minimum atomic E-state index is -0.567. The van der Waals surface area contributed by atoms with Crippen LogP contribution in [0, 0.1) is 5.82 Å². The summed E-state index contributed by atoms with van der Waals surface area (Å²) in [6.45, 7) is 3.84. The van der Waals surface area contributed by atoms with E-state index < -0.39 is 11.4 Å². The van der Waals surface area contributed by atoms with Crippen LogP contribution in [0.15, 0.2) is 41.2 Å². The molecule has 1 N–H and O–H groups in total. The lowest BCUT2D eigenvalue weighted by Crippen LogP contribution is -2.51. The third-order valence-electron chi connectivity index (χ3n) is 3.76. The molecule has 1 saturated heterocycles. The van der Waals surface area contributed by atoms with E-state index in [4.69, 9.17) is 0 Å². The molecule has 0 spiro atoms. The Morgan fingerprint density at radius 3 is 2.83 bits per heavy atom. The van der Waals surface area contributed by atoms with E-state index in [1.165, 1.54) is 30.3 Å². The molecule has 2 heterocycles. The number of para-hydroxylation sites is 1. The van der Waals surface area contributed by atoms with E-state index in [1.54, 1.807) is 11.0 Å². The molecule has 1 aliphatic heterocycles. The zero-order chi connectivity index (χ0) is 16.4. The first-order valence-corrected chi connectivity index (χ1v) is 7.44. The van der Waals surface area contributed by atoms with Crippen molar-refractivity contribution < 1.29 is 9.18 Å². The van der Waals surface area contributed by atoms with Crippen LogP contribution in [0.25, 0.3) is 5.69 Å². The van der Waals surface area contributed by atoms with Gasteiger partial charge in [0.25, 0.3) is 11.5 Å². The molecule has 0 radical (unpaired) electrons. The molecule has 0 bridgehead atoms. The maximum absolute atomic E-state index is 13.9. The first kappa shape index (κ1) is 15.4. The number of halogens is 1. The van der Waals surface area contributed by atoms with E-state index in [1.807, 2.05) is 6.92 Å². The molecule has 7 heteroatoms. The average Bonchev–Trinajstić information content (AvgIpc) is 2.55. The van der Waals surface area contributed by atoms with Crippen LogP contribution in [-0.2, 0) is 0 Å². The predicted octanol–water partition coefficient (Wildman–Crippen LogP) is 0.806. The number of amides is 1. The second-order valence-corrected chi connectivity index (χ2v) is 5.53. The summed E-state index contributed by atoms with van der Waals surface area (Å²) in [7, 11) is 0. The normalized spacial score (nSPS) is 18.0. The van der Waals surface area contributed by atoms with E-state index in [0.29, 0.717) is 19.6 Å². The molecule has 1 fully saturated rings. The number of nitrogens with zero attached hydrogens (tertiary/aromatic N) is 3. The Morgan fingerprint density at radius 2 is 2.09 bits per heavy atom. The fourth-order valence-corrected chi connectivity index (χ4v) is 2.60. The Morgan fingerprint density at radius 1 is 1.30 bits per heavy atom. The molecule has 23 heavy (non-hydrogen) atoms. The summed E-state index contributed by atoms with van der Waals surface area (Å²) in [5, 5.41) is 7.31. The van der Waals surface area contributed by atoms with Crippen LogP contribution in [0.4, 0.5) is 4.39 Å². The van der Waals surface area contributed by atoms with Gasteiger partial charge in [-0.2, -0.15) is 9.78 Å². The third kappa shape index (κ3) is 3.14. The number of carbonyl (C=O) groups is 1. The van der Waals surface area contributed by atoms with Crippen LogP contribution in [0.3, 0.4) is 0 Å². The number of benzene rings is 1. The standard InChI is InChI=1S/C16H17FN4O2/c1-11-10-20(9-8-18-11)16(23)13-6-7-15(22)21(19-13)14-5-3-2-4-12(14)17/h2-7,11,18H,8-10H2,1H3/t11-/m1/s1. The second-order valence-electron chi connectivity index (χ2n) is 5.53. The van der Waals surface area contributed by atoms with Crippen LogP contribution in [-0.4, -0.2) is 46.3 Å². The largest absolute Gasteiger partial charge is 0.334 e. The van der Waals surface area contributed by atoms with Gasteiger partial charge < -0.3 is 10.2 Å². The molecule has 1 atom stereocenters. The summed E-state index contributed by atoms with van der Waals surface area (Å²) < 4.78 is 14.8. The first-order chi connectivity index (χ1) is 11.1. The summed E-state index contributed by atoms with van der Waals surface area (Å²) in [4.78, 5) is 26.2. The van der Waals surface area contributed by atoms with Crippen LogP contribution < -0.4 is 10.9 Å². The van der Waals surface area contributed by atoms with E-state index >= 15 is 0 Å². The minimum absolute atomic E-state index is 0.0285. The zero-order valence-electron chi connectivity index (χ0n) is 12.7. The number of nitrogens with one attached hydrogen (secondary N) is 1. The molecule has 6 nitrogen and oxygen atoms in total. The van der Waals surface area contributed by atoms with Crippen molar-refractivity contribution in [1.82, 2.24) is 20.0 Å². The van der Waals surface area contributed by atoms with Gasteiger partial charge in [-0.15, -0.1) is 0 Å². The summed E-state index contributed by atoms with van der Waals surface area (Å²) in [6, 6.07) is 8.65.